The zero-order chi connectivity index (χ0) is 21.1. The van der Waals surface area contributed by atoms with E-state index in [-0.39, 0.29) is 17.7 Å². The summed E-state index contributed by atoms with van der Waals surface area (Å²) in [5.41, 5.74) is 3.18. The molecule has 6 nitrogen and oxygen atoms in total. The van der Waals surface area contributed by atoms with E-state index in [0.717, 1.165) is 16.8 Å². The lowest BCUT2D eigenvalue weighted by atomic mass is 9.98. The highest BCUT2D eigenvalue weighted by Crippen LogP contribution is 2.34. The number of thiophene rings is 1. The normalized spacial score (nSPS) is 16.4. The Balaban J connectivity index is 1.63. The molecule has 8 heteroatoms. The van der Waals surface area contributed by atoms with E-state index in [0.29, 0.717) is 17.0 Å². The van der Waals surface area contributed by atoms with Crippen LogP contribution in [0.3, 0.4) is 0 Å². The average molecular weight is 440 g/mol. The molecule has 0 saturated carbocycles. The summed E-state index contributed by atoms with van der Waals surface area (Å²) in [6.07, 6.45) is 0.584. The quantitative estimate of drug-likeness (QED) is 0.614. The van der Waals surface area contributed by atoms with E-state index in [2.05, 4.69) is 9.82 Å². The summed E-state index contributed by atoms with van der Waals surface area (Å²) in [5.74, 6) is -0.110. The second-order valence-electron chi connectivity index (χ2n) is 6.89. The number of hydrogen-bond acceptors (Lipinski definition) is 5. The maximum Gasteiger partial charge on any atom is 0.284 e. The second-order valence-corrected chi connectivity index (χ2v) is 9.85. The van der Waals surface area contributed by atoms with Gasteiger partial charge in [-0.2, -0.15) is 5.10 Å². The Labute approximate surface area is 179 Å². The van der Waals surface area contributed by atoms with Crippen LogP contribution >= 0.6 is 11.3 Å². The monoisotopic (exact) mass is 439 g/mol. The molecular formula is C22H21N3O3S2. The number of hydrazone groups is 1. The van der Waals surface area contributed by atoms with Crippen molar-refractivity contribution in [2.24, 2.45) is 5.10 Å². The van der Waals surface area contributed by atoms with E-state index in [4.69, 9.17) is 0 Å². The van der Waals surface area contributed by atoms with E-state index in [9.17, 15) is 13.2 Å². The molecule has 3 aromatic rings. The lowest BCUT2D eigenvalue weighted by Gasteiger charge is -2.21. The van der Waals surface area contributed by atoms with Gasteiger partial charge in [0.1, 0.15) is 0 Å². The number of sulfonamides is 1. The van der Waals surface area contributed by atoms with Crippen LogP contribution in [-0.2, 0) is 10.0 Å². The lowest BCUT2D eigenvalue weighted by Crippen LogP contribution is -2.26. The summed E-state index contributed by atoms with van der Waals surface area (Å²) in [4.78, 5) is 13.7. The number of carbonyl (C=O) groups is 1. The van der Waals surface area contributed by atoms with Gasteiger partial charge in [0.25, 0.3) is 5.91 Å². The summed E-state index contributed by atoms with van der Waals surface area (Å²) in [6.45, 7) is 1.59. The summed E-state index contributed by atoms with van der Waals surface area (Å²) in [7, 11) is -3.33. The van der Waals surface area contributed by atoms with Gasteiger partial charge in [-0.15, -0.1) is 11.3 Å². The molecule has 0 fully saturated rings. The minimum Gasteiger partial charge on any atom is -0.284 e. The van der Waals surface area contributed by atoms with E-state index in [1.165, 1.54) is 11.3 Å². The van der Waals surface area contributed by atoms with E-state index >= 15 is 0 Å². The molecule has 0 spiro atoms. The van der Waals surface area contributed by atoms with Gasteiger partial charge in [0.2, 0.25) is 10.0 Å². The van der Waals surface area contributed by atoms with Crippen LogP contribution < -0.4 is 4.72 Å². The summed E-state index contributed by atoms with van der Waals surface area (Å²) in [5, 5.41) is 8.10. The Morgan fingerprint density at radius 3 is 2.47 bits per heavy atom. The third-order valence-electron chi connectivity index (χ3n) is 4.91. The fourth-order valence-electron chi connectivity index (χ4n) is 3.30. The molecule has 0 saturated heterocycles. The van der Waals surface area contributed by atoms with Crippen LogP contribution in [-0.4, -0.2) is 30.8 Å². The Morgan fingerprint density at radius 2 is 1.83 bits per heavy atom. The number of rotatable bonds is 6. The molecular weight excluding hydrogens is 418 g/mol. The van der Waals surface area contributed by atoms with Crippen molar-refractivity contribution < 1.29 is 13.2 Å². The molecule has 0 radical (unpaired) electrons. The first-order valence-electron chi connectivity index (χ1n) is 9.57. The maximum absolute atomic E-state index is 13.1. The number of amides is 1. The van der Waals surface area contributed by atoms with Gasteiger partial charge < -0.3 is 0 Å². The largest absolute Gasteiger partial charge is 0.284 e. The van der Waals surface area contributed by atoms with Crippen molar-refractivity contribution in [1.29, 1.82) is 0 Å². The van der Waals surface area contributed by atoms with Crippen LogP contribution in [0.25, 0.3) is 0 Å². The first-order valence-corrected chi connectivity index (χ1v) is 12.1. The van der Waals surface area contributed by atoms with Gasteiger partial charge in [-0.3, -0.25) is 9.52 Å². The number of nitrogens with one attached hydrogen (secondary N) is 1. The molecule has 1 aliphatic heterocycles. The highest BCUT2D eigenvalue weighted by atomic mass is 32.2. The number of nitrogens with zero attached hydrogens (tertiary/aromatic N) is 2. The van der Waals surface area contributed by atoms with Crippen LogP contribution in [0.5, 0.6) is 0 Å². The van der Waals surface area contributed by atoms with Crippen molar-refractivity contribution in [3.05, 3.63) is 88.1 Å². The van der Waals surface area contributed by atoms with Gasteiger partial charge >= 0.3 is 0 Å². The Kier molecular flexibility index (Phi) is 5.69. The Morgan fingerprint density at radius 1 is 1.10 bits per heavy atom. The molecule has 0 aliphatic carbocycles. The van der Waals surface area contributed by atoms with Crippen molar-refractivity contribution in [2.45, 2.75) is 19.4 Å². The molecule has 1 atom stereocenters. The van der Waals surface area contributed by atoms with Crippen molar-refractivity contribution in [3.8, 4) is 0 Å². The smallest absolute Gasteiger partial charge is 0.284 e. The summed E-state index contributed by atoms with van der Waals surface area (Å²) >= 11 is 1.40. The molecule has 2 aromatic carbocycles. The minimum atomic E-state index is -3.33. The van der Waals surface area contributed by atoms with Crippen molar-refractivity contribution >= 4 is 38.7 Å². The van der Waals surface area contributed by atoms with E-state index < -0.39 is 10.0 Å². The zero-order valence-electron chi connectivity index (χ0n) is 16.4. The minimum absolute atomic E-state index is 0.0139. The van der Waals surface area contributed by atoms with Crippen LogP contribution in [0.2, 0.25) is 0 Å². The third kappa shape index (κ3) is 4.29. The van der Waals surface area contributed by atoms with Gasteiger partial charge in [-0.05, 0) is 41.6 Å². The number of benzene rings is 2. The molecule has 1 N–H and O–H groups in total. The predicted molar refractivity (Wildman–Crippen MR) is 120 cm³/mol. The number of carbonyl (C=O) groups excluding carboxylic acids is 1. The Hall–Kier alpha value is -2.97. The van der Waals surface area contributed by atoms with Crippen LogP contribution in [0.15, 0.2) is 77.2 Å². The fraction of sp³-hybridized carbons (Fsp3) is 0.182. The molecule has 2 heterocycles. The van der Waals surface area contributed by atoms with Crippen molar-refractivity contribution in [1.82, 2.24) is 5.01 Å². The third-order valence-corrected chi connectivity index (χ3v) is 7.07. The molecule has 1 aromatic heterocycles. The first kappa shape index (κ1) is 20.3. The predicted octanol–water partition coefficient (Wildman–Crippen LogP) is 4.50. The van der Waals surface area contributed by atoms with Crippen LogP contribution in [0.1, 0.15) is 40.2 Å². The number of anilines is 1. The first-order chi connectivity index (χ1) is 14.5. The average Bonchev–Trinajstić information content (AvgIpc) is 3.45. The molecule has 1 amide bonds. The Bertz CT molecular complexity index is 1160. The van der Waals surface area contributed by atoms with Gasteiger partial charge in [0.05, 0.1) is 22.4 Å². The van der Waals surface area contributed by atoms with Crippen molar-refractivity contribution in [2.75, 3.05) is 10.5 Å². The lowest BCUT2D eigenvalue weighted by molar-refractivity contribution is 0.0716. The molecule has 1 unspecified atom stereocenters. The van der Waals surface area contributed by atoms with Crippen molar-refractivity contribution in [3.63, 3.8) is 0 Å². The van der Waals surface area contributed by atoms with Gasteiger partial charge in [-0.25, -0.2) is 13.4 Å². The van der Waals surface area contributed by atoms with E-state index in [1.54, 1.807) is 30.1 Å². The second kappa shape index (κ2) is 8.41. The van der Waals surface area contributed by atoms with Gasteiger partial charge in [0, 0.05) is 12.1 Å². The zero-order valence-corrected chi connectivity index (χ0v) is 18.0. The highest BCUT2D eigenvalue weighted by molar-refractivity contribution is 7.92. The van der Waals surface area contributed by atoms with Gasteiger partial charge in [0.15, 0.2) is 0 Å². The number of hydrogen-bond donors (Lipinski definition) is 1. The van der Waals surface area contributed by atoms with Crippen LogP contribution in [0, 0.1) is 0 Å². The summed E-state index contributed by atoms with van der Waals surface area (Å²) < 4.78 is 26.1. The standard InChI is InChI=1S/C22H21N3O3S2/c1-2-30(27,28)24-18-12-10-16(11-13-18)19-15-20(17-7-4-3-5-8-17)25(23-19)22(26)21-9-6-14-29-21/h3-14,20,24H,2,15H2,1H3. The molecule has 30 heavy (non-hydrogen) atoms. The molecule has 1 aliphatic rings. The van der Waals surface area contributed by atoms with E-state index in [1.807, 2.05) is 53.9 Å². The molecule has 154 valence electrons. The fourth-order valence-corrected chi connectivity index (χ4v) is 4.60. The topological polar surface area (TPSA) is 78.8 Å². The molecule has 4 rings (SSSR count). The SMILES string of the molecule is CCS(=O)(=O)Nc1ccc(C2=NN(C(=O)c3cccs3)C(c3ccccc3)C2)cc1. The summed E-state index contributed by atoms with van der Waals surface area (Å²) in [6, 6.07) is 20.4. The highest BCUT2D eigenvalue weighted by Gasteiger charge is 2.33. The maximum atomic E-state index is 13.1. The molecule has 0 bridgehead atoms. The van der Waals surface area contributed by atoms with Gasteiger partial charge in [-0.1, -0.05) is 48.5 Å². The van der Waals surface area contributed by atoms with Crippen LogP contribution in [0.4, 0.5) is 5.69 Å².